The lowest BCUT2D eigenvalue weighted by atomic mass is 9.98. The molecule has 0 amide bonds. The lowest BCUT2D eigenvalue weighted by Crippen LogP contribution is -1.96. The van der Waals surface area contributed by atoms with E-state index < -0.39 is 0 Å². The van der Waals surface area contributed by atoms with Gasteiger partial charge in [0, 0.05) is 22.2 Å². The van der Waals surface area contributed by atoms with Crippen LogP contribution in [-0.2, 0) is 0 Å². The molecule has 1 N–H and O–H groups in total. The third kappa shape index (κ3) is 1.67. The fraction of sp³-hybridized carbons (Fsp3) is 0.438. The number of aromatic amines is 1. The van der Waals surface area contributed by atoms with E-state index in [9.17, 15) is 4.79 Å². The SMILES string of the molecule is Cc1cc(C)c2[nH]c(C3CCCC3)c(C=O)c2c1. The van der Waals surface area contributed by atoms with Crippen LogP contribution in [0.25, 0.3) is 10.9 Å². The third-order valence-corrected chi connectivity index (χ3v) is 4.20. The third-order valence-electron chi connectivity index (χ3n) is 4.20. The Bertz CT molecular complexity index is 603. The van der Waals surface area contributed by atoms with E-state index in [1.54, 1.807) is 0 Å². The van der Waals surface area contributed by atoms with Crippen LogP contribution in [0.1, 0.15) is 58.8 Å². The highest BCUT2D eigenvalue weighted by Gasteiger charge is 2.23. The molecule has 0 atom stereocenters. The van der Waals surface area contributed by atoms with Gasteiger partial charge in [-0.1, -0.05) is 24.5 Å². The first-order chi connectivity index (χ1) is 8.70. The second-order valence-corrected chi connectivity index (χ2v) is 5.56. The van der Waals surface area contributed by atoms with Crippen LogP contribution >= 0.6 is 0 Å². The zero-order valence-corrected chi connectivity index (χ0v) is 11.0. The van der Waals surface area contributed by atoms with Gasteiger partial charge in [-0.3, -0.25) is 4.79 Å². The molecule has 1 aromatic heterocycles. The number of carbonyl (C=O) groups is 1. The molecule has 1 saturated carbocycles. The predicted molar refractivity (Wildman–Crippen MR) is 74.4 cm³/mol. The average Bonchev–Trinajstić information content (AvgIpc) is 2.93. The number of benzene rings is 1. The van der Waals surface area contributed by atoms with Crippen molar-refractivity contribution < 1.29 is 4.79 Å². The van der Waals surface area contributed by atoms with Crippen molar-refractivity contribution in [2.45, 2.75) is 45.4 Å². The minimum atomic E-state index is 0.553. The number of nitrogens with one attached hydrogen (secondary N) is 1. The Morgan fingerprint density at radius 2 is 1.94 bits per heavy atom. The summed E-state index contributed by atoms with van der Waals surface area (Å²) in [6.07, 6.45) is 6.04. The van der Waals surface area contributed by atoms with Crippen molar-refractivity contribution in [3.05, 3.63) is 34.5 Å². The van der Waals surface area contributed by atoms with Crippen molar-refractivity contribution in [2.75, 3.05) is 0 Å². The van der Waals surface area contributed by atoms with Crippen molar-refractivity contribution in [1.29, 1.82) is 0 Å². The smallest absolute Gasteiger partial charge is 0.152 e. The Morgan fingerprint density at radius 3 is 2.61 bits per heavy atom. The summed E-state index contributed by atoms with van der Waals surface area (Å²) in [5.41, 5.74) is 5.66. The molecule has 1 heterocycles. The molecule has 3 rings (SSSR count). The first kappa shape index (κ1) is 11.5. The highest BCUT2D eigenvalue weighted by molar-refractivity contribution is 6.00. The minimum Gasteiger partial charge on any atom is -0.357 e. The normalized spacial score (nSPS) is 16.6. The molecule has 2 heteroatoms. The summed E-state index contributed by atoms with van der Waals surface area (Å²) < 4.78 is 0. The molecule has 1 aliphatic rings. The molecule has 1 fully saturated rings. The van der Waals surface area contributed by atoms with Gasteiger partial charge in [0.1, 0.15) is 0 Å². The van der Waals surface area contributed by atoms with Gasteiger partial charge in [-0.05, 0) is 44.2 Å². The second kappa shape index (κ2) is 4.27. The lowest BCUT2D eigenvalue weighted by Gasteiger charge is -2.07. The molecule has 2 aromatic rings. The summed E-state index contributed by atoms with van der Waals surface area (Å²) in [5, 5.41) is 1.10. The van der Waals surface area contributed by atoms with Crippen molar-refractivity contribution in [1.82, 2.24) is 4.98 Å². The van der Waals surface area contributed by atoms with Gasteiger partial charge >= 0.3 is 0 Å². The zero-order chi connectivity index (χ0) is 12.7. The Hall–Kier alpha value is -1.57. The maximum absolute atomic E-state index is 11.5. The summed E-state index contributed by atoms with van der Waals surface area (Å²) in [4.78, 5) is 15.0. The predicted octanol–water partition coefficient (Wildman–Crippen LogP) is 4.25. The molecule has 1 aromatic carbocycles. The van der Waals surface area contributed by atoms with E-state index in [1.807, 2.05) is 0 Å². The molecule has 0 bridgehead atoms. The van der Waals surface area contributed by atoms with Gasteiger partial charge < -0.3 is 4.98 Å². The van der Waals surface area contributed by atoms with Crippen molar-refractivity contribution in [3.63, 3.8) is 0 Å². The van der Waals surface area contributed by atoms with Crippen LogP contribution in [0.15, 0.2) is 12.1 Å². The van der Waals surface area contributed by atoms with Gasteiger partial charge in [0.05, 0.1) is 0 Å². The number of aldehydes is 1. The van der Waals surface area contributed by atoms with E-state index in [0.717, 1.165) is 22.8 Å². The van der Waals surface area contributed by atoms with Crippen LogP contribution < -0.4 is 0 Å². The van der Waals surface area contributed by atoms with E-state index in [4.69, 9.17) is 0 Å². The maximum atomic E-state index is 11.5. The summed E-state index contributed by atoms with van der Waals surface area (Å²) in [6.45, 7) is 4.20. The molecule has 2 nitrogen and oxygen atoms in total. The van der Waals surface area contributed by atoms with Crippen molar-refractivity contribution >= 4 is 17.2 Å². The summed E-state index contributed by atoms with van der Waals surface area (Å²) >= 11 is 0. The standard InChI is InChI=1S/C16H19NO/c1-10-7-11(2)15-13(8-10)14(9-18)16(17-15)12-5-3-4-6-12/h7-9,12,17H,3-6H2,1-2H3. The van der Waals surface area contributed by atoms with Crippen LogP contribution in [0.2, 0.25) is 0 Å². The van der Waals surface area contributed by atoms with Crippen LogP contribution in [0.3, 0.4) is 0 Å². The number of aromatic nitrogens is 1. The monoisotopic (exact) mass is 241 g/mol. The minimum absolute atomic E-state index is 0.553. The van der Waals surface area contributed by atoms with Crippen molar-refractivity contribution in [2.24, 2.45) is 0 Å². The van der Waals surface area contributed by atoms with Gasteiger partial charge in [-0.25, -0.2) is 0 Å². The molecule has 94 valence electrons. The molecule has 0 radical (unpaired) electrons. The summed E-state index contributed by atoms with van der Waals surface area (Å²) in [7, 11) is 0. The molecule has 1 aliphatic carbocycles. The Kier molecular flexibility index (Phi) is 2.73. The van der Waals surface area contributed by atoms with E-state index in [1.165, 1.54) is 42.5 Å². The molecular formula is C16H19NO. The number of carbonyl (C=O) groups excluding carboxylic acids is 1. The van der Waals surface area contributed by atoms with Gasteiger partial charge in [-0.2, -0.15) is 0 Å². The first-order valence-electron chi connectivity index (χ1n) is 6.78. The second-order valence-electron chi connectivity index (χ2n) is 5.56. The maximum Gasteiger partial charge on any atom is 0.152 e. The van der Waals surface area contributed by atoms with Crippen LogP contribution in [0, 0.1) is 13.8 Å². The molecular weight excluding hydrogens is 222 g/mol. The first-order valence-corrected chi connectivity index (χ1v) is 6.78. The fourth-order valence-electron chi connectivity index (χ4n) is 3.36. The van der Waals surface area contributed by atoms with E-state index in [0.29, 0.717) is 5.92 Å². The van der Waals surface area contributed by atoms with Crippen LogP contribution in [0.5, 0.6) is 0 Å². The Balaban J connectivity index is 2.25. The molecule has 0 spiro atoms. The number of H-pyrrole nitrogens is 1. The van der Waals surface area contributed by atoms with Crippen molar-refractivity contribution in [3.8, 4) is 0 Å². The number of fused-ring (bicyclic) bond motifs is 1. The van der Waals surface area contributed by atoms with Gasteiger partial charge in [0.25, 0.3) is 0 Å². The molecule has 0 saturated heterocycles. The number of aryl methyl sites for hydroxylation is 2. The van der Waals surface area contributed by atoms with Gasteiger partial charge in [0.2, 0.25) is 0 Å². The van der Waals surface area contributed by atoms with E-state index in [2.05, 4.69) is 31.0 Å². The topological polar surface area (TPSA) is 32.9 Å². The summed E-state index contributed by atoms with van der Waals surface area (Å²) in [5.74, 6) is 0.553. The summed E-state index contributed by atoms with van der Waals surface area (Å²) in [6, 6.07) is 4.30. The Morgan fingerprint density at radius 1 is 1.22 bits per heavy atom. The number of rotatable bonds is 2. The average molecular weight is 241 g/mol. The lowest BCUT2D eigenvalue weighted by molar-refractivity contribution is 0.112. The molecule has 0 unspecified atom stereocenters. The van der Waals surface area contributed by atoms with E-state index >= 15 is 0 Å². The number of hydrogen-bond donors (Lipinski definition) is 1. The van der Waals surface area contributed by atoms with Crippen LogP contribution in [0.4, 0.5) is 0 Å². The fourth-order valence-corrected chi connectivity index (χ4v) is 3.36. The highest BCUT2D eigenvalue weighted by Crippen LogP contribution is 2.38. The molecule has 0 aliphatic heterocycles. The highest BCUT2D eigenvalue weighted by atomic mass is 16.1. The molecule has 18 heavy (non-hydrogen) atoms. The van der Waals surface area contributed by atoms with Gasteiger partial charge in [-0.15, -0.1) is 0 Å². The van der Waals surface area contributed by atoms with Gasteiger partial charge in [0.15, 0.2) is 6.29 Å². The van der Waals surface area contributed by atoms with Crippen LogP contribution in [-0.4, -0.2) is 11.3 Å². The quantitative estimate of drug-likeness (QED) is 0.783. The van der Waals surface area contributed by atoms with E-state index in [-0.39, 0.29) is 0 Å². The zero-order valence-electron chi connectivity index (χ0n) is 11.0. The number of hydrogen-bond acceptors (Lipinski definition) is 1. The Labute approximate surface area is 107 Å². The largest absolute Gasteiger partial charge is 0.357 e.